The molecule has 0 aromatic carbocycles. The minimum absolute atomic E-state index is 0.00596. The molecule has 14 heteroatoms. The van der Waals surface area contributed by atoms with E-state index in [-0.39, 0.29) is 12.3 Å². The van der Waals surface area contributed by atoms with Crippen molar-refractivity contribution in [1.82, 2.24) is 0 Å². The van der Waals surface area contributed by atoms with E-state index in [9.17, 15) is 45.3 Å². The summed E-state index contributed by atoms with van der Waals surface area (Å²) in [5.41, 5.74) is 0. The Balaban J connectivity index is 1.89. The van der Waals surface area contributed by atoms with Gasteiger partial charge >= 0.3 is 11.9 Å². The summed E-state index contributed by atoms with van der Waals surface area (Å²) in [4.78, 5) is 27.3. The molecular weight excluding hydrogens is 921 g/mol. The van der Waals surface area contributed by atoms with Crippen molar-refractivity contribution in [1.29, 1.82) is 0 Å². The van der Waals surface area contributed by atoms with Crippen LogP contribution in [0.3, 0.4) is 0 Å². The number of hydrogen-bond donors (Lipinski definition) is 7. The molecular formula is C58H110O14. The second-order valence-electron chi connectivity index (χ2n) is 22.1. The molecule has 426 valence electrons. The van der Waals surface area contributed by atoms with E-state index in [1.165, 1.54) is 167 Å². The highest BCUT2D eigenvalue weighted by atomic mass is 16.8. The molecule has 2 rings (SSSR count). The smallest absolute Gasteiger partial charge is 0.311 e. The molecule has 7 N–H and O–H groups in total. The molecule has 4 unspecified atom stereocenters. The molecule has 0 aromatic heterocycles. The lowest BCUT2D eigenvalue weighted by Gasteiger charge is -2.46. The maximum atomic E-state index is 13.9. The van der Waals surface area contributed by atoms with Gasteiger partial charge in [0.25, 0.3) is 0 Å². The van der Waals surface area contributed by atoms with Gasteiger partial charge in [-0.3, -0.25) is 9.59 Å². The fourth-order valence-corrected chi connectivity index (χ4v) is 10.6. The Morgan fingerprint density at radius 2 is 0.861 bits per heavy atom. The molecule has 0 saturated carbocycles. The lowest BCUT2D eigenvalue weighted by molar-refractivity contribution is -0.377. The predicted octanol–water partition coefficient (Wildman–Crippen LogP) is 10.7. The Hall–Kier alpha value is -1.46. The average Bonchev–Trinajstić information content (AvgIpc) is 3.37. The minimum Gasteiger partial charge on any atom is -0.455 e. The van der Waals surface area contributed by atoms with E-state index in [0.717, 1.165) is 38.5 Å². The standard InChI is InChI=1S/C58H110O14/c1-6-8-10-12-14-16-18-20-22-23-25-26-28-30-32-34-36-38-43(3)40-44(4)49(62)45(5)56(67)71-54-51(64)47(42-60)69-58(72-57-53(66)52(65)50(63)46(41-59)68-57)55(54)70-48(61)39-37-35-33-31-29-27-24-21-19-17-15-13-11-9-7-2/h43-47,49-55,57-60,62-66H,6-42H2,1-5H3/t43-,44-,45-,46?,47?,49-,50+,51+,52?,53-,54?,55+,57+,58+/m0/s1. The van der Waals surface area contributed by atoms with Gasteiger partial charge in [0.2, 0.25) is 6.29 Å². The fourth-order valence-electron chi connectivity index (χ4n) is 10.6. The number of aliphatic hydroxyl groups excluding tert-OH is 7. The number of carbonyl (C=O) groups excluding carboxylic acids is 2. The monoisotopic (exact) mass is 1030 g/mol. The summed E-state index contributed by atoms with van der Waals surface area (Å²) in [6, 6.07) is 0. The fraction of sp³-hybridized carbons (Fsp3) is 0.966. The van der Waals surface area contributed by atoms with Crippen LogP contribution >= 0.6 is 0 Å². The van der Waals surface area contributed by atoms with Crippen LogP contribution in [0.2, 0.25) is 0 Å². The number of rotatable bonds is 45. The highest BCUT2D eigenvalue weighted by molar-refractivity contribution is 5.73. The first-order chi connectivity index (χ1) is 34.8. The van der Waals surface area contributed by atoms with E-state index in [1.807, 2.05) is 6.92 Å². The Bertz CT molecular complexity index is 1310. The first-order valence-corrected chi connectivity index (χ1v) is 29.8. The van der Waals surface area contributed by atoms with Crippen molar-refractivity contribution in [2.75, 3.05) is 13.2 Å². The predicted molar refractivity (Wildman–Crippen MR) is 283 cm³/mol. The van der Waals surface area contributed by atoms with Gasteiger partial charge < -0.3 is 59.4 Å². The lowest BCUT2D eigenvalue weighted by atomic mass is 9.85. The van der Waals surface area contributed by atoms with Crippen molar-refractivity contribution in [3.05, 3.63) is 0 Å². The highest BCUT2D eigenvalue weighted by Crippen LogP contribution is 2.33. The van der Waals surface area contributed by atoms with Gasteiger partial charge in [-0.2, -0.15) is 0 Å². The van der Waals surface area contributed by atoms with Gasteiger partial charge in [-0.15, -0.1) is 0 Å². The Kier molecular flexibility index (Phi) is 38.6. The summed E-state index contributed by atoms with van der Waals surface area (Å²) in [6.45, 7) is 8.61. The quantitative estimate of drug-likeness (QED) is 0.0223. The van der Waals surface area contributed by atoms with E-state index in [1.54, 1.807) is 6.92 Å². The first-order valence-electron chi connectivity index (χ1n) is 29.8. The van der Waals surface area contributed by atoms with E-state index >= 15 is 0 Å². The zero-order valence-corrected chi connectivity index (χ0v) is 46.2. The molecule has 72 heavy (non-hydrogen) atoms. The second-order valence-corrected chi connectivity index (χ2v) is 22.1. The van der Waals surface area contributed by atoms with Crippen LogP contribution in [-0.2, 0) is 33.3 Å². The molecule has 2 aliphatic rings. The Morgan fingerprint density at radius 3 is 1.29 bits per heavy atom. The number of aliphatic hydroxyl groups is 7. The molecule has 2 aliphatic heterocycles. The molecule has 14 nitrogen and oxygen atoms in total. The molecule has 0 amide bonds. The van der Waals surface area contributed by atoms with Crippen LogP contribution in [0.25, 0.3) is 0 Å². The summed E-state index contributed by atoms with van der Waals surface area (Å²) in [5.74, 6) is -2.54. The van der Waals surface area contributed by atoms with Crippen molar-refractivity contribution < 1.29 is 69.0 Å². The van der Waals surface area contributed by atoms with Gasteiger partial charge in [0.15, 0.2) is 18.5 Å². The largest absolute Gasteiger partial charge is 0.455 e. The molecule has 0 radical (unpaired) electrons. The number of unbranched alkanes of at least 4 members (excludes halogenated alkanes) is 30. The molecule has 14 atom stereocenters. The number of hydrogen-bond acceptors (Lipinski definition) is 14. The van der Waals surface area contributed by atoms with Crippen molar-refractivity contribution in [3.63, 3.8) is 0 Å². The summed E-state index contributed by atoms with van der Waals surface area (Å²) >= 11 is 0. The topological polar surface area (TPSA) is 222 Å². The van der Waals surface area contributed by atoms with Crippen molar-refractivity contribution >= 4 is 11.9 Å². The minimum atomic E-state index is -1.85. The maximum absolute atomic E-state index is 13.9. The zero-order valence-electron chi connectivity index (χ0n) is 46.2. The molecule has 2 fully saturated rings. The Morgan fingerprint density at radius 1 is 0.472 bits per heavy atom. The van der Waals surface area contributed by atoms with Crippen LogP contribution in [-0.4, -0.2) is 128 Å². The van der Waals surface area contributed by atoms with Crippen LogP contribution < -0.4 is 0 Å². The van der Waals surface area contributed by atoms with Crippen LogP contribution in [0.5, 0.6) is 0 Å². The maximum Gasteiger partial charge on any atom is 0.311 e. The van der Waals surface area contributed by atoms with Crippen molar-refractivity contribution in [2.45, 2.75) is 327 Å². The Labute approximate surface area is 437 Å². The molecule has 2 heterocycles. The summed E-state index contributed by atoms with van der Waals surface area (Å²) in [6.07, 6.45) is 24.0. The van der Waals surface area contributed by atoms with Crippen LogP contribution in [0.1, 0.15) is 259 Å². The molecule has 0 aliphatic carbocycles. The van der Waals surface area contributed by atoms with Gasteiger partial charge in [0, 0.05) is 6.42 Å². The second kappa shape index (κ2) is 41.7. The number of ether oxygens (including phenoxy) is 5. The van der Waals surface area contributed by atoms with E-state index in [2.05, 4.69) is 20.8 Å². The third-order valence-corrected chi connectivity index (χ3v) is 15.5. The third-order valence-electron chi connectivity index (χ3n) is 15.5. The van der Waals surface area contributed by atoms with Gasteiger partial charge in [-0.05, 0) is 31.6 Å². The van der Waals surface area contributed by atoms with Gasteiger partial charge in [0.1, 0.15) is 36.6 Å². The van der Waals surface area contributed by atoms with Crippen LogP contribution in [0.4, 0.5) is 0 Å². The first kappa shape index (κ1) is 66.7. The third kappa shape index (κ3) is 27.5. The lowest BCUT2D eigenvalue weighted by Crippen LogP contribution is -2.65. The van der Waals surface area contributed by atoms with E-state index in [4.69, 9.17) is 23.7 Å². The van der Waals surface area contributed by atoms with Crippen LogP contribution in [0, 0.1) is 17.8 Å². The van der Waals surface area contributed by atoms with E-state index < -0.39 is 98.6 Å². The highest BCUT2D eigenvalue weighted by Gasteiger charge is 2.53. The molecule has 0 spiro atoms. The van der Waals surface area contributed by atoms with Gasteiger partial charge in [-0.1, -0.05) is 233 Å². The number of esters is 2. The zero-order chi connectivity index (χ0) is 52.9. The normalized spacial score (nSPS) is 26.3. The van der Waals surface area contributed by atoms with E-state index in [0.29, 0.717) is 18.8 Å². The SMILES string of the molecule is CCCCCCCCCCCCCCCCCCC[C@H](C)C[C@H](C)[C@H](O)[C@H](C)C(=O)OC1[C@H](O)C(CO)O[C@H](O[C@H]2OC(CO)[C@@H](O)C(O)[C@@H]2O)[C@@H]1OC(=O)CCCCCCCCCCCCCCCCC. The average molecular weight is 1030 g/mol. The summed E-state index contributed by atoms with van der Waals surface area (Å²) in [5, 5.41) is 74.5. The van der Waals surface area contributed by atoms with Gasteiger partial charge in [0.05, 0.1) is 25.2 Å². The van der Waals surface area contributed by atoms with Crippen LogP contribution in [0.15, 0.2) is 0 Å². The molecule has 0 bridgehead atoms. The van der Waals surface area contributed by atoms with Crippen molar-refractivity contribution in [3.8, 4) is 0 Å². The van der Waals surface area contributed by atoms with Gasteiger partial charge in [-0.25, -0.2) is 0 Å². The summed E-state index contributed by atoms with van der Waals surface area (Å²) < 4.78 is 29.0. The van der Waals surface area contributed by atoms with Crippen molar-refractivity contribution in [2.24, 2.45) is 17.8 Å². The molecule has 0 aromatic rings. The summed E-state index contributed by atoms with van der Waals surface area (Å²) in [7, 11) is 0. The molecule has 2 saturated heterocycles. The number of carbonyl (C=O) groups is 2.